The molecule has 0 fully saturated rings. The van der Waals surface area contributed by atoms with Crippen LogP contribution in [0.3, 0.4) is 0 Å². The van der Waals surface area contributed by atoms with Crippen molar-refractivity contribution in [2.24, 2.45) is 0 Å². The van der Waals surface area contributed by atoms with Crippen molar-refractivity contribution in [3.63, 3.8) is 0 Å². The maximum Gasteiger partial charge on any atom is 0.320 e. The fourth-order valence-corrected chi connectivity index (χ4v) is 2.56. The first kappa shape index (κ1) is 16.7. The first-order valence-corrected chi connectivity index (χ1v) is 7.42. The molecule has 0 heterocycles. The molecule has 0 bridgehead atoms. The quantitative estimate of drug-likeness (QED) is 0.666. The zero-order valence-electron chi connectivity index (χ0n) is 12.5. The topological polar surface area (TPSA) is 69.6 Å². The molecule has 0 aromatic rings. The van der Waals surface area contributed by atoms with Crippen molar-refractivity contribution in [3.05, 3.63) is 11.6 Å². The monoisotopic (exact) mass is 282 g/mol. The second kappa shape index (κ2) is 8.74. The predicted octanol–water partition coefficient (Wildman–Crippen LogP) is 1.79. The van der Waals surface area contributed by atoms with E-state index in [0.29, 0.717) is 13.0 Å². The lowest BCUT2D eigenvalue weighted by Crippen LogP contribution is -2.44. The van der Waals surface area contributed by atoms with Crippen molar-refractivity contribution in [2.45, 2.75) is 51.5 Å². The summed E-state index contributed by atoms with van der Waals surface area (Å²) in [5, 5.41) is 11.9. The summed E-state index contributed by atoms with van der Waals surface area (Å²) in [6.07, 6.45) is 8.50. The highest BCUT2D eigenvalue weighted by atomic mass is 16.4. The van der Waals surface area contributed by atoms with E-state index in [1.807, 2.05) is 6.92 Å². The summed E-state index contributed by atoms with van der Waals surface area (Å²) in [6.45, 7) is 2.58. The average Bonchev–Trinajstić information content (AvgIpc) is 2.40. The van der Waals surface area contributed by atoms with Crippen molar-refractivity contribution in [1.29, 1.82) is 0 Å². The van der Waals surface area contributed by atoms with E-state index < -0.39 is 12.0 Å². The Balaban J connectivity index is 2.25. The van der Waals surface area contributed by atoms with Crippen molar-refractivity contribution in [3.8, 4) is 0 Å². The third-order valence-corrected chi connectivity index (χ3v) is 3.75. The minimum atomic E-state index is -0.879. The third-order valence-electron chi connectivity index (χ3n) is 3.75. The Bertz CT molecular complexity index is 366. The number of amides is 1. The van der Waals surface area contributed by atoms with E-state index >= 15 is 0 Å². The fraction of sp³-hybridized carbons (Fsp3) is 0.733. The maximum atomic E-state index is 11.8. The molecule has 0 aromatic carbocycles. The van der Waals surface area contributed by atoms with E-state index in [1.54, 1.807) is 11.9 Å². The summed E-state index contributed by atoms with van der Waals surface area (Å²) in [7, 11) is 1.67. The minimum absolute atomic E-state index is 0.108. The van der Waals surface area contributed by atoms with Gasteiger partial charge in [-0.05, 0) is 45.6 Å². The van der Waals surface area contributed by atoms with Crippen molar-refractivity contribution >= 4 is 11.9 Å². The number of hydrogen-bond acceptors (Lipinski definition) is 3. The number of carboxylic acid groups (broad SMARTS) is 1. The molecule has 1 rings (SSSR count). The van der Waals surface area contributed by atoms with Crippen LogP contribution in [0.5, 0.6) is 0 Å². The molecule has 0 radical (unpaired) electrons. The number of likely N-dealkylation sites (N-methyl/N-ethyl adjacent to an activating group) is 1. The van der Waals surface area contributed by atoms with E-state index in [-0.39, 0.29) is 12.5 Å². The van der Waals surface area contributed by atoms with Crippen LogP contribution >= 0.6 is 0 Å². The molecule has 1 aliphatic carbocycles. The molecule has 0 saturated heterocycles. The lowest BCUT2D eigenvalue weighted by molar-refractivity contribution is -0.143. The average molecular weight is 282 g/mol. The number of rotatable bonds is 8. The molecule has 1 unspecified atom stereocenters. The van der Waals surface area contributed by atoms with Gasteiger partial charge in [-0.25, -0.2) is 0 Å². The lowest BCUT2D eigenvalue weighted by Gasteiger charge is -2.22. The van der Waals surface area contributed by atoms with Gasteiger partial charge in [0.1, 0.15) is 6.04 Å². The molecular formula is C15H26N2O3. The van der Waals surface area contributed by atoms with Crippen LogP contribution in [0.4, 0.5) is 0 Å². The summed E-state index contributed by atoms with van der Waals surface area (Å²) >= 11 is 0. The van der Waals surface area contributed by atoms with Crippen LogP contribution in [-0.2, 0) is 9.59 Å². The highest BCUT2D eigenvalue weighted by Crippen LogP contribution is 2.19. The summed E-state index contributed by atoms with van der Waals surface area (Å²) in [5.74, 6) is -0.987. The van der Waals surface area contributed by atoms with Crippen molar-refractivity contribution in [2.75, 3.05) is 20.1 Å². The first-order valence-electron chi connectivity index (χ1n) is 7.42. The Morgan fingerprint density at radius 1 is 1.45 bits per heavy atom. The normalized spacial score (nSPS) is 16.6. The molecule has 5 heteroatoms. The Morgan fingerprint density at radius 2 is 2.20 bits per heavy atom. The predicted molar refractivity (Wildman–Crippen MR) is 78.5 cm³/mol. The number of allylic oxidation sites excluding steroid dienone is 1. The van der Waals surface area contributed by atoms with E-state index in [0.717, 1.165) is 19.3 Å². The summed E-state index contributed by atoms with van der Waals surface area (Å²) in [5.41, 5.74) is 1.43. The number of hydrogen-bond donors (Lipinski definition) is 2. The second-order valence-corrected chi connectivity index (χ2v) is 5.39. The van der Waals surface area contributed by atoms with E-state index in [9.17, 15) is 9.59 Å². The fourth-order valence-electron chi connectivity index (χ4n) is 2.56. The molecule has 0 aromatic heterocycles. The molecule has 0 saturated carbocycles. The maximum absolute atomic E-state index is 11.8. The SMILES string of the molecule is CCC(C(=O)O)N(C)CC(=O)NCCC1=CCCCC1. The molecule has 1 amide bonds. The molecule has 0 spiro atoms. The van der Waals surface area contributed by atoms with Gasteiger partial charge in [-0.15, -0.1) is 0 Å². The Hall–Kier alpha value is -1.36. The van der Waals surface area contributed by atoms with Gasteiger partial charge in [0.05, 0.1) is 6.54 Å². The number of aliphatic carboxylic acids is 1. The molecule has 114 valence electrons. The Kier molecular flexibility index (Phi) is 7.30. The molecule has 5 nitrogen and oxygen atoms in total. The van der Waals surface area contributed by atoms with Crippen molar-refractivity contribution < 1.29 is 14.7 Å². The molecule has 1 aliphatic rings. The zero-order chi connectivity index (χ0) is 15.0. The van der Waals surface area contributed by atoms with Gasteiger partial charge < -0.3 is 10.4 Å². The van der Waals surface area contributed by atoms with Crippen LogP contribution in [0.15, 0.2) is 11.6 Å². The summed E-state index contributed by atoms with van der Waals surface area (Å²) in [4.78, 5) is 24.3. The molecule has 0 aliphatic heterocycles. The van der Waals surface area contributed by atoms with Gasteiger partial charge in [-0.3, -0.25) is 14.5 Å². The van der Waals surface area contributed by atoms with Gasteiger partial charge in [-0.1, -0.05) is 18.6 Å². The van der Waals surface area contributed by atoms with Gasteiger partial charge in [0.2, 0.25) is 5.91 Å². The number of carbonyl (C=O) groups is 2. The van der Waals surface area contributed by atoms with Crippen LogP contribution in [-0.4, -0.2) is 48.1 Å². The lowest BCUT2D eigenvalue weighted by atomic mass is 9.97. The van der Waals surface area contributed by atoms with Gasteiger partial charge in [0.15, 0.2) is 0 Å². The summed E-state index contributed by atoms with van der Waals surface area (Å²) < 4.78 is 0. The number of nitrogens with one attached hydrogen (secondary N) is 1. The molecule has 2 N–H and O–H groups in total. The highest BCUT2D eigenvalue weighted by Gasteiger charge is 2.21. The Morgan fingerprint density at radius 3 is 2.75 bits per heavy atom. The van der Waals surface area contributed by atoms with Gasteiger partial charge in [0.25, 0.3) is 0 Å². The van der Waals surface area contributed by atoms with Gasteiger partial charge in [0, 0.05) is 6.54 Å². The number of carbonyl (C=O) groups excluding carboxylic acids is 1. The standard InChI is InChI=1S/C15H26N2O3/c1-3-13(15(19)20)17(2)11-14(18)16-10-9-12-7-5-4-6-8-12/h7,13H,3-6,8-11H2,1-2H3,(H,16,18)(H,19,20). The summed E-state index contributed by atoms with van der Waals surface area (Å²) in [6, 6.07) is -0.596. The van der Waals surface area contributed by atoms with Gasteiger partial charge in [-0.2, -0.15) is 0 Å². The van der Waals surface area contributed by atoms with Crippen LogP contribution in [0, 0.1) is 0 Å². The van der Waals surface area contributed by atoms with Crippen LogP contribution < -0.4 is 5.32 Å². The molecular weight excluding hydrogens is 256 g/mol. The molecule has 20 heavy (non-hydrogen) atoms. The minimum Gasteiger partial charge on any atom is -0.480 e. The van der Waals surface area contributed by atoms with E-state index in [2.05, 4.69) is 11.4 Å². The number of nitrogens with zero attached hydrogens (tertiary/aromatic N) is 1. The highest BCUT2D eigenvalue weighted by molar-refractivity contribution is 5.79. The van der Waals surface area contributed by atoms with Gasteiger partial charge >= 0.3 is 5.97 Å². The second-order valence-electron chi connectivity index (χ2n) is 5.39. The van der Waals surface area contributed by atoms with Crippen LogP contribution in [0.1, 0.15) is 45.4 Å². The first-order chi connectivity index (χ1) is 9.54. The molecule has 1 atom stereocenters. The van der Waals surface area contributed by atoms with E-state index in [1.165, 1.54) is 18.4 Å². The number of carboxylic acids is 1. The largest absolute Gasteiger partial charge is 0.480 e. The Labute approximate surface area is 121 Å². The van der Waals surface area contributed by atoms with Crippen LogP contribution in [0.2, 0.25) is 0 Å². The van der Waals surface area contributed by atoms with Crippen LogP contribution in [0.25, 0.3) is 0 Å². The zero-order valence-corrected chi connectivity index (χ0v) is 12.5. The third kappa shape index (κ3) is 5.74. The van der Waals surface area contributed by atoms with E-state index in [4.69, 9.17) is 5.11 Å². The van der Waals surface area contributed by atoms with Crippen molar-refractivity contribution in [1.82, 2.24) is 10.2 Å². The smallest absolute Gasteiger partial charge is 0.320 e.